The van der Waals surface area contributed by atoms with Crippen molar-refractivity contribution in [1.29, 1.82) is 0 Å². The number of nitrogens with zero attached hydrogens (tertiary/aromatic N) is 1. The molecule has 0 bridgehead atoms. The zero-order valence-electron chi connectivity index (χ0n) is 10.4. The summed E-state index contributed by atoms with van der Waals surface area (Å²) in [5, 5.41) is 1.82. The topological polar surface area (TPSA) is 71.0 Å². The molecule has 1 heterocycles. The number of ether oxygens (including phenoxy) is 1. The van der Waals surface area contributed by atoms with Gasteiger partial charge in [0.05, 0.1) is 12.4 Å². The van der Waals surface area contributed by atoms with Crippen LogP contribution in [0.5, 0.6) is 5.75 Å². The Bertz CT molecular complexity index is 544. The van der Waals surface area contributed by atoms with Crippen molar-refractivity contribution < 1.29 is 18.7 Å². The van der Waals surface area contributed by atoms with Gasteiger partial charge in [0.15, 0.2) is 0 Å². The van der Waals surface area contributed by atoms with Crippen molar-refractivity contribution in [3.63, 3.8) is 0 Å². The first-order chi connectivity index (χ1) is 8.49. The van der Waals surface area contributed by atoms with E-state index in [9.17, 15) is 9.46 Å². The standard InChI is InChI=1S/C11H15N2O4P/c1-13-7-10(18(14,15)17-3)8-5-4-6-9(16-2)11(8)12-13/h4-7,12H,1-3H3,(H,14,15). The molecular weight excluding hydrogens is 255 g/mol. The Hall–Kier alpha value is -1.49. The first-order valence-corrected chi connectivity index (χ1v) is 6.85. The van der Waals surface area contributed by atoms with Gasteiger partial charge < -0.3 is 14.2 Å². The molecule has 6 nitrogen and oxygen atoms in total. The van der Waals surface area contributed by atoms with Crippen molar-refractivity contribution in [2.75, 3.05) is 26.7 Å². The normalized spacial score (nSPS) is 17.3. The molecule has 0 aromatic heterocycles. The molecule has 0 spiro atoms. The molecule has 7 heteroatoms. The van der Waals surface area contributed by atoms with E-state index in [0.29, 0.717) is 17.0 Å². The summed E-state index contributed by atoms with van der Waals surface area (Å²) in [6.07, 6.45) is 1.53. The fourth-order valence-electron chi connectivity index (χ4n) is 1.82. The predicted octanol–water partition coefficient (Wildman–Crippen LogP) is 2.10. The SMILES string of the molecule is COc1cccc2c1NN(C)C=C2P(=O)(O)OC. The van der Waals surface area contributed by atoms with Crippen molar-refractivity contribution in [3.8, 4) is 5.75 Å². The fourth-order valence-corrected chi connectivity index (χ4v) is 2.82. The van der Waals surface area contributed by atoms with Gasteiger partial charge in [-0.3, -0.25) is 15.0 Å². The third-order valence-electron chi connectivity index (χ3n) is 2.68. The van der Waals surface area contributed by atoms with Crippen LogP contribution in [0.1, 0.15) is 5.56 Å². The molecule has 1 aromatic rings. The number of hydrazine groups is 1. The Kier molecular flexibility index (Phi) is 3.34. The number of rotatable bonds is 3. The minimum absolute atomic E-state index is 0.236. The van der Waals surface area contributed by atoms with E-state index in [1.54, 1.807) is 37.4 Å². The summed E-state index contributed by atoms with van der Waals surface area (Å²) >= 11 is 0. The van der Waals surface area contributed by atoms with Crippen molar-refractivity contribution in [1.82, 2.24) is 5.01 Å². The van der Waals surface area contributed by atoms with Crippen molar-refractivity contribution in [2.24, 2.45) is 0 Å². The second-order valence-electron chi connectivity index (χ2n) is 3.82. The molecular formula is C11H15N2O4P. The first-order valence-electron chi connectivity index (χ1n) is 5.27. The highest BCUT2D eigenvalue weighted by Gasteiger charge is 2.32. The van der Waals surface area contributed by atoms with E-state index in [1.807, 2.05) is 0 Å². The summed E-state index contributed by atoms with van der Waals surface area (Å²) in [6, 6.07) is 5.28. The number of para-hydroxylation sites is 1. The fraction of sp³-hybridized carbons (Fsp3) is 0.273. The second kappa shape index (κ2) is 4.65. The number of nitrogens with one attached hydrogen (secondary N) is 1. The Morgan fingerprint density at radius 3 is 2.72 bits per heavy atom. The van der Waals surface area contributed by atoms with Crippen LogP contribution in [0.15, 0.2) is 24.4 Å². The summed E-state index contributed by atoms with van der Waals surface area (Å²) in [6.45, 7) is 0. The van der Waals surface area contributed by atoms with E-state index in [4.69, 9.17) is 9.26 Å². The largest absolute Gasteiger partial charge is 0.494 e. The van der Waals surface area contributed by atoms with Crippen LogP contribution in [0.25, 0.3) is 5.31 Å². The van der Waals surface area contributed by atoms with Crippen LogP contribution in [-0.4, -0.2) is 31.2 Å². The van der Waals surface area contributed by atoms with Gasteiger partial charge in [0.25, 0.3) is 0 Å². The molecule has 0 saturated carbocycles. The lowest BCUT2D eigenvalue weighted by molar-refractivity contribution is 0.328. The molecule has 0 radical (unpaired) electrons. The van der Waals surface area contributed by atoms with Gasteiger partial charge in [0.2, 0.25) is 0 Å². The highest BCUT2D eigenvalue weighted by atomic mass is 31.2. The smallest absolute Gasteiger partial charge is 0.360 e. The van der Waals surface area contributed by atoms with E-state index >= 15 is 0 Å². The maximum atomic E-state index is 12.0. The lowest BCUT2D eigenvalue weighted by atomic mass is 10.1. The number of hydrogen-bond acceptors (Lipinski definition) is 5. The van der Waals surface area contributed by atoms with E-state index in [2.05, 4.69) is 5.43 Å². The summed E-state index contributed by atoms with van der Waals surface area (Å²) in [4.78, 5) is 9.85. The predicted molar refractivity (Wildman–Crippen MR) is 69.2 cm³/mol. The van der Waals surface area contributed by atoms with Gasteiger partial charge in [0.1, 0.15) is 11.4 Å². The summed E-state index contributed by atoms with van der Waals surface area (Å²) in [5.41, 5.74) is 4.29. The average Bonchev–Trinajstić information content (AvgIpc) is 2.37. The number of anilines is 1. The summed E-state index contributed by atoms with van der Waals surface area (Å²) in [5.74, 6) is 0.598. The van der Waals surface area contributed by atoms with Crippen LogP contribution in [0.2, 0.25) is 0 Å². The Morgan fingerprint density at radius 1 is 1.39 bits per heavy atom. The van der Waals surface area contributed by atoms with Crippen LogP contribution < -0.4 is 10.2 Å². The molecule has 1 aliphatic heterocycles. The molecule has 0 saturated heterocycles. The minimum Gasteiger partial charge on any atom is -0.494 e. The van der Waals surface area contributed by atoms with Crippen LogP contribution in [0, 0.1) is 0 Å². The average molecular weight is 270 g/mol. The third-order valence-corrected chi connectivity index (χ3v) is 4.14. The van der Waals surface area contributed by atoms with Gasteiger partial charge in [-0.1, -0.05) is 12.1 Å². The van der Waals surface area contributed by atoms with Crippen LogP contribution in [-0.2, 0) is 9.09 Å². The van der Waals surface area contributed by atoms with Gasteiger partial charge in [-0.2, -0.15) is 0 Å². The van der Waals surface area contributed by atoms with Crippen molar-refractivity contribution >= 4 is 18.6 Å². The van der Waals surface area contributed by atoms with E-state index in [-0.39, 0.29) is 5.31 Å². The van der Waals surface area contributed by atoms with Crippen molar-refractivity contribution in [2.45, 2.75) is 0 Å². The lowest BCUT2D eigenvalue weighted by Crippen LogP contribution is -2.24. The van der Waals surface area contributed by atoms with Crippen molar-refractivity contribution in [3.05, 3.63) is 30.0 Å². The van der Waals surface area contributed by atoms with Crippen LogP contribution in [0.3, 0.4) is 0 Å². The zero-order valence-corrected chi connectivity index (χ0v) is 11.3. The van der Waals surface area contributed by atoms with Gasteiger partial charge in [-0.15, -0.1) is 0 Å². The maximum Gasteiger partial charge on any atom is 0.360 e. The highest BCUT2D eigenvalue weighted by molar-refractivity contribution is 7.64. The number of methoxy groups -OCH3 is 1. The molecule has 98 valence electrons. The quantitative estimate of drug-likeness (QED) is 0.819. The second-order valence-corrected chi connectivity index (χ2v) is 5.71. The molecule has 2 N–H and O–H groups in total. The number of hydrogen-bond donors (Lipinski definition) is 2. The Morgan fingerprint density at radius 2 is 2.11 bits per heavy atom. The van der Waals surface area contributed by atoms with Gasteiger partial charge in [-0.25, -0.2) is 0 Å². The third kappa shape index (κ3) is 2.10. The molecule has 1 unspecified atom stereocenters. The van der Waals surface area contributed by atoms with Gasteiger partial charge in [0, 0.05) is 25.9 Å². The molecule has 2 rings (SSSR count). The van der Waals surface area contributed by atoms with Crippen LogP contribution in [0.4, 0.5) is 5.69 Å². The lowest BCUT2D eigenvalue weighted by Gasteiger charge is -2.29. The zero-order chi connectivity index (χ0) is 13.3. The van der Waals surface area contributed by atoms with E-state index in [1.165, 1.54) is 13.3 Å². The molecule has 1 atom stereocenters. The Balaban J connectivity index is 2.62. The molecule has 0 fully saturated rings. The summed E-state index contributed by atoms with van der Waals surface area (Å²) in [7, 11) is 0.660. The van der Waals surface area contributed by atoms with E-state index in [0.717, 1.165) is 0 Å². The molecule has 1 aliphatic rings. The highest BCUT2D eigenvalue weighted by Crippen LogP contribution is 2.58. The molecule has 18 heavy (non-hydrogen) atoms. The molecule has 0 aliphatic carbocycles. The van der Waals surface area contributed by atoms with Crippen LogP contribution >= 0.6 is 7.60 Å². The monoisotopic (exact) mass is 270 g/mol. The Labute approximate surface area is 105 Å². The first kappa shape index (κ1) is 13.0. The van der Waals surface area contributed by atoms with Gasteiger partial charge in [-0.05, 0) is 6.07 Å². The number of benzene rings is 1. The summed E-state index contributed by atoms with van der Waals surface area (Å²) < 4.78 is 21.9. The molecule has 0 amide bonds. The van der Waals surface area contributed by atoms with Gasteiger partial charge >= 0.3 is 7.60 Å². The maximum absolute atomic E-state index is 12.0. The number of fused-ring (bicyclic) bond motifs is 1. The van der Waals surface area contributed by atoms with E-state index < -0.39 is 7.60 Å². The minimum atomic E-state index is -3.82. The molecule has 1 aromatic carbocycles.